The lowest BCUT2D eigenvalue weighted by Crippen LogP contribution is -2.46. The van der Waals surface area contributed by atoms with Gasteiger partial charge in [-0.1, -0.05) is 24.3 Å². The van der Waals surface area contributed by atoms with E-state index < -0.39 is 0 Å². The van der Waals surface area contributed by atoms with Gasteiger partial charge in [-0.25, -0.2) is 0 Å². The van der Waals surface area contributed by atoms with Crippen molar-refractivity contribution in [2.45, 2.75) is 39.2 Å². The molecule has 1 fully saturated rings. The van der Waals surface area contributed by atoms with Gasteiger partial charge in [0, 0.05) is 23.7 Å². The highest BCUT2D eigenvalue weighted by molar-refractivity contribution is 6.02. The zero-order valence-corrected chi connectivity index (χ0v) is 15.4. The molecule has 0 saturated carbocycles. The number of hydrogen-bond donors (Lipinski definition) is 0. The van der Waals surface area contributed by atoms with Crippen molar-refractivity contribution in [3.63, 3.8) is 0 Å². The Morgan fingerprint density at radius 2 is 1.96 bits per heavy atom. The molecule has 0 amide bonds. The Morgan fingerprint density at radius 1 is 1.15 bits per heavy atom. The van der Waals surface area contributed by atoms with Crippen LogP contribution in [-0.4, -0.2) is 35.4 Å². The number of nitrogens with zero attached hydrogens (tertiary/aromatic N) is 2. The normalized spacial score (nSPS) is 19.3. The Kier molecular flexibility index (Phi) is 4.77. The van der Waals surface area contributed by atoms with Crippen LogP contribution in [0.2, 0.25) is 0 Å². The molecule has 0 bridgehead atoms. The molecule has 2 aromatic rings. The second kappa shape index (κ2) is 7.20. The summed E-state index contributed by atoms with van der Waals surface area (Å²) in [6.07, 6.45) is 7.61. The van der Waals surface area contributed by atoms with Crippen molar-refractivity contribution in [2.24, 2.45) is 5.41 Å². The van der Waals surface area contributed by atoms with Crippen LogP contribution < -0.4 is 4.74 Å². The number of pyridine rings is 1. The molecule has 2 aliphatic rings. The number of likely N-dealkylation sites (tertiary alicyclic amines) is 1. The van der Waals surface area contributed by atoms with Crippen molar-refractivity contribution in [1.29, 1.82) is 0 Å². The molecule has 1 aliphatic heterocycles. The second-order valence-corrected chi connectivity index (χ2v) is 7.50. The molecule has 1 aliphatic carbocycles. The zero-order chi connectivity index (χ0) is 18.0. The zero-order valence-electron chi connectivity index (χ0n) is 15.4. The summed E-state index contributed by atoms with van der Waals surface area (Å²) in [7, 11) is 0. The van der Waals surface area contributed by atoms with E-state index in [-0.39, 0.29) is 5.41 Å². The summed E-state index contributed by atoms with van der Waals surface area (Å²) >= 11 is 0. The van der Waals surface area contributed by atoms with E-state index in [1.807, 2.05) is 31.3 Å². The molecule has 0 N–H and O–H groups in total. The summed E-state index contributed by atoms with van der Waals surface area (Å²) in [5.74, 6) is 1.21. The smallest absolute Gasteiger partial charge is 0.169 e. The molecule has 136 valence electrons. The van der Waals surface area contributed by atoms with Gasteiger partial charge >= 0.3 is 0 Å². The lowest BCUT2D eigenvalue weighted by Gasteiger charge is -2.43. The fourth-order valence-electron chi connectivity index (χ4n) is 4.40. The van der Waals surface area contributed by atoms with E-state index in [9.17, 15) is 4.79 Å². The molecule has 1 saturated heterocycles. The minimum Gasteiger partial charge on any atom is -0.492 e. The number of hydrogen-bond acceptors (Lipinski definition) is 4. The second-order valence-electron chi connectivity index (χ2n) is 7.50. The van der Waals surface area contributed by atoms with Gasteiger partial charge in [-0.15, -0.1) is 0 Å². The Morgan fingerprint density at radius 3 is 2.77 bits per heavy atom. The molecule has 0 radical (unpaired) electrons. The van der Waals surface area contributed by atoms with Gasteiger partial charge in [-0.3, -0.25) is 14.7 Å². The number of aryl methyl sites for hydroxylation is 1. The third-order valence-electron chi connectivity index (χ3n) is 5.92. The van der Waals surface area contributed by atoms with Gasteiger partial charge in [0.05, 0.1) is 12.8 Å². The first kappa shape index (κ1) is 17.2. The van der Waals surface area contributed by atoms with Gasteiger partial charge in [0.25, 0.3) is 0 Å². The minimum absolute atomic E-state index is 0.143. The lowest BCUT2D eigenvalue weighted by molar-refractivity contribution is 0.0529. The molecular weight excluding hydrogens is 324 g/mol. The number of piperidine rings is 1. The third-order valence-corrected chi connectivity index (χ3v) is 5.92. The molecule has 2 heterocycles. The van der Waals surface area contributed by atoms with Gasteiger partial charge < -0.3 is 4.74 Å². The first-order valence-electron chi connectivity index (χ1n) is 9.62. The van der Waals surface area contributed by atoms with Crippen LogP contribution in [0.4, 0.5) is 0 Å². The first-order valence-corrected chi connectivity index (χ1v) is 9.62. The molecule has 1 spiro atoms. The summed E-state index contributed by atoms with van der Waals surface area (Å²) in [4.78, 5) is 19.8. The van der Waals surface area contributed by atoms with Gasteiger partial charge in [0.1, 0.15) is 5.75 Å². The maximum Gasteiger partial charge on any atom is 0.169 e. The van der Waals surface area contributed by atoms with Crippen LogP contribution in [0.25, 0.3) is 0 Å². The van der Waals surface area contributed by atoms with Crippen molar-refractivity contribution < 1.29 is 9.53 Å². The van der Waals surface area contributed by atoms with Gasteiger partial charge in [-0.05, 0) is 62.9 Å². The molecular formula is C22H26N2O2. The van der Waals surface area contributed by atoms with Crippen LogP contribution >= 0.6 is 0 Å². The summed E-state index contributed by atoms with van der Waals surface area (Å²) in [5.41, 5.74) is 3.22. The monoisotopic (exact) mass is 350 g/mol. The number of rotatable bonds is 4. The van der Waals surface area contributed by atoms with Crippen LogP contribution in [0, 0.1) is 5.41 Å². The Balaban J connectivity index is 1.42. The molecule has 4 nitrogen and oxygen atoms in total. The molecule has 1 aromatic carbocycles. The van der Waals surface area contributed by atoms with Crippen molar-refractivity contribution in [3.8, 4) is 5.75 Å². The predicted molar refractivity (Wildman–Crippen MR) is 101 cm³/mol. The van der Waals surface area contributed by atoms with Crippen LogP contribution in [-0.2, 0) is 13.0 Å². The lowest BCUT2D eigenvalue weighted by atomic mass is 9.65. The Labute approximate surface area is 155 Å². The largest absolute Gasteiger partial charge is 0.492 e. The van der Waals surface area contributed by atoms with Crippen LogP contribution in [0.1, 0.15) is 47.7 Å². The molecule has 4 heteroatoms. The van der Waals surface area contributed by atoms with Gasteiger partial charge in [-0.2, -0.15) is 0 Å². The molecule has 0 unspecified atom stereocenters. The van der Waals surface area contributed by atoms with E-state index in [2.05, 4.69) is 22.0 Å². The maximum absolute atomic E-state index is 13.1. The number of carbonyl (C=O) groups excluding carboxylic acids is 1. The highest BCUT2D eigenvalue weighted by Crippen LogP contribution is 2.43. The number of benzene rings is 1. The summed E-state index contributed by atoms with van der Waals surface area (Å²) in [6, 6.07) is 10.2. The molecule has 26 heavy (non-hydrogen) atoms. The number of Topliss-reactive ketones (excluding diaryl/α,β-unsaturated/α-hetero) is 1. The van der Waals surface area contributed by atoms with Crippen LogP contribution in [0.15, 0.2) is 42.7 Å². The standard InChI is InChI=1S/C22H26N2O2/c1-2-26-19-13-17(14-23-15-19)16-24-11-9-22(10-12-24)8-7-18-5-3-4-6-20(18)21(22)25/h3-6,13-15H,2,7-12,16H2,1H3. The number of carbonyl (C=O) groups is 1. The fraction of sp³-hybridized carbons (Fsp3) is 0.455. The highest BCUT2D eigenvalue weighted by Gasteiger charge is 2.44. The van der Waals surface area contributed by atoms with E-state index >= 15 is 0 Å². The molecule has 4 rings (SSSR count). The first-order chi connectivity index (χ1) is 12.7. The van der Waals surface area contributed by atoms with E-state index in [0.29, 0.717) is 12.4 Å². The van der Waals surface area contributed by atoms with E-state index in [1.165, 1.54) is 11.1 Å². The van der Waals surface area contributed by atoms with Crippen molar-refractivity contribution >= 4 is 5.78 Å². The highest BCUT2D eigenvalue weighted by atomic mass is 16.5. The van der Waals surface area contributed by atoms with E-state index in [0.717, 1.165) is 56.6 Å². The Bertz CT molecular complexity index is 794. The summed E-state index contributed by atoms with van der Waals surface area (Å²) < 4.78 is 5.55. The number of ketones is 1. The van der Waals surface area contributed by atoms with Crippen molar-refractivity contribution in [3.05, 3.63) is 59.4 Å². The number of ether oxygens (including phenoxy) is 1. The van der Waals surface area contributed by atoms with E-state index in [4.69, 9.17) is 4.74 Å². The Hall–Kier alpha value is -2.20. The topological polar surface area (TPSA) is 42.4 Å². The summed E-state index contributed by atoms with van der Waals surface area (Å²) in [5, 5.41) is 0. The number of fused-ring (bicyclic) bond motifs is 1. The minimum atomic E-state index is -0.143. The predicted octanol–water partition coefficient (Wildman–Crippen LogP) is 3.89. The maximum atomic E-state index is 13.1. The third kappa shape index (κ3) is 3.26. The molecule has 0 atom stereocenters. The van der Waals surface area contributed by atoms with Gasteiger partial charge in [0.15, 0.2) is 5.78 Å². The SMILES string of the molecule is CCOc1cncc(CN2CCC3(CCc4ccccc4C3=O)CC2)c1. The van der Waals surface area contributed by atoms with E-state index in [1.54, 1.807) is 6.20 Å². The average molecular weight is 350 g/mol. The fourth-order valence-corrected chi connectivity index (χ4v) is 4.40. The van der Waals surface area contributed by atoms with Gasteiger partial charge in [0.2, 0.25) is 0 Å². The average Bonchev–Trinajstić information content (AvgIpc) is 2.67. The van der Waals surface area contributed by atoms with Crippen molar-refractivity contribution in [2.75, 3.05) is 19.7 Å². The number of aromatic nitrogens is 1. The van der Waals surface area contributed by atoms with Crippen molar-refractivity contribution in [1.82, 2.24) is 9.88 Å². The quantitative estimate of drug-likeness (QED) is 0.839. The van der Waals surface area contributed by atoms with Crippen LogP contribution in [0.3, 0.4) is 0 Å². The molecule has 1 aromatic heterocycles. The van der Waals surface area contributed by atoms with Crippen LogP contribution in [0.5, 0.6) is 5.75 Å². The summed E-state index contributed by atoms with van der Waals surface area (Å²) in [6.45, 7) is 5.44.